The first-order chi connectivity index (χ1) is 9.81. The minimum Gasteiger partial charge on any atom is -0.466 e. The molecule has 0 amide bonds. The number of thioether (sulfide) groups is 1. The Morgan fingerprint density at radius 2 is 2.15 bits per heavy atom. The monoisotopic (exact) mass is 292 g/mol. The average molecular weight is 292 g/mol. The van der Waals surface area contributed by atoms with Crippen LogP contribution in [0.1, 0.15) is 19.8 Å². The summed E-state index contributed by atoms with van der Waals surface area (Å²) in [6.07, 6.45) is 1.17. The van der Waals surface area contributed by atoms with Crippen molar-refractivity contribution in [3.05, 3.63) is 30.3 Å². The summed E-state index contributed by atoms with van der Waals surface area (Å²) in [4.78, 5) is 11.2. The van der Waals surface area contributed by atoms with Gasteiger partial charge in [-0.15, -0.1) is 5.10 Å². The molecule has 106 valence electrons. The van der Waals surface area contributed by atoms with Crippen molar-refractivity contribution in [3.8, 4) is 5.69 Å². The maximum Gasteiger partial charge on any atom is 0.305 e. The second kappa shape index (κ2) is 7.64. The fourth-order valence-corrected chi connectivity index (χ4v) is 2.44. The van der Waals surface area contributed by atoms with Crippen molar-refractivity contribution < 1.29 is 9.53 Å². The van der Waals surface area contributed by atoms with Crippen molar-refractivity contribution in [2.45, 2.75) is 24.9 Å². The number of carbonyl (C=O) groups excluding carboxylic acids is 1. The molecule has 2 aromatic rings. The van der Waals surface area contributed by atoms with Gasteiger partial charge in [0.15, 0.2) is 0 Å². The van der Waals surface area contributed by atoms with E-state index in [2.05, 4.69) is 15.5 Å². The van der Waals surface area contributed by atoms with Crippen molar-refractivity contribution in [3.63, 3.8) is 0 Å². The molecule has 6 nitrogen and oxygen atoms in total. The molecule has 0 aliphatic heterocycles. The zero-order chi connectivity index (χ0) is 14.2. The number of hydrogen-bond donors (Lipinski definition) is 0. The highest BCUT2D eigenvalue weighted by molar-refractivity contribution is 7.99. The number of tetrazole rings is 1. The lowest BCUT2D eigenvalue weighted by atomic mass is 10.3. The van der Waals surface area contributed by atoms with Gasteiger partial charge in [-0.3, -0.25) is 4.79 Å². The third-order valence-electron chi connectivity index (χ3n) is 2.50. The first-order valence-electron chi connectivity index (χ1n) is 6.43. The van der Waals surface area contributed by atoms with Crippen LogP contribution in [0, 0.1) is 0 Å². The molecule has 1 heterocycles. The molecule has 1 aromatic heterocycles. The molecule has 0 spiro atoms. The van der Waals surface area contributed by atoms with Crippen molar-refractivity contribution in [2.24, 2.45) is 0 Å². The number of carbonyl (C=O) groups is 1. The van der Waals surface area contributed by atoms with Gasteiger partial charge in [0.2, 0.25) is 5.16 Å². The highest BCUT2D eigenvalue weighted by atomic mass is 32.2. The lowest BCUT2D eigenvalue weighted by molar-refractivity contribution is -0.143. The molecule has 0 fully saturated rings. The van der Waals surface area contributed by atoms with Crippen molar-refractivity contribution in [1.29, 1.82) is 0 Å². The predicted octanol–water partition coefficient (Wildman–Crippen LogP) is 2.10. The van der Waals surface area contributed by atoms with Crippen LogP contribution in [0.3, 0.4) is 0 Å². The molecule has 0 aliphatic rings. The van der Waals surface area contributed by atoms with Crippen LogP contribution in [0.15, 0.2) is 35.5 Å². The third-order valence-corrected chi connectivity index (χ3v) is 3.51. The van der Waals surface area contributed by atoms with Crippen LogP contribution in [-0.2, 0) is 9.53 Å². The largest absolute Gasteiger partial charge is 0.466 e. The molecule has 0 saturated carbocycles. The van der Waals surface area contributed by atoms with Crippen LogP contribution in [0.25, 0.3) is 5.69 Å². The van der Waals surface area contributed by atoms with Gasteiger partial charge in [-0.1, -0.05) is 30.0 Å². The van der Waals surface area contributed by atoms with E-state index in [0.717, 1.165) is 23.0 Å². The molecule has 0 aliphatic carbocycles. The van der Waals surface area contributed by atoms with Crippen molar-refractivity contribution in [2.75, 3.05) is 12.4 Å². The van der Waals surface area contributed by atoms with E-state index >= 15 is 0 Å². The molecule has 0 atom stereocenters. The zero-order valence-corrected chi connectivity index (χ0v) is 12.0. The smallest absolute Gasteiger partial charge is 0.305 e. The Bertz CT molecular complexity index is 544. The zero-order valence-electron chi connectivity index (χ0n) is 11.2. The summed E-state index contributed by atoms with van der Waals surface area (Å²) in [5.74, 6) is 0.613. The van der Waals surface area contributed by atoms with Gasteiger partial charge in [0, 0.05) is 12.2 Å². The van der Waals surface area contributed by atoms with E-state index in [-0.39, 0.29) is 5.97 Å². The molecule has 0 unspecified atom stereocenters. The summed E-state index contributed by atoms with van der Waals surface area (Å²) in [6.45, 7) is 2.24. The second-order valence-electron chi connectivity index (χ2n) is 3.97. The number of para-hydroxylation sites is 1. The number of benzene rings is 1. The molecular formula is C13H16N4O2S. The van der Waals surface area contributed by atoms with E-state index in [1.807, 2.05) is 30.3 Å². The van der Waals surface area contributed by atoms with Gasteiger partial charge >= 0.3 is 5.97 Å². The molecule has 7 heteroatoms. The number of aromatic nitrogens is 4. The fourth-order valence-electron chi connectivity index (χ4n) is 1.61. The van der Waals surface area contributed by atoms with E-state index in [1.54, 1.807) is 11.6 Å². The van der Waals surface area contributed by atoms with Gasteiger partial charge in [-0.2, -0.15) is 4.68 Å². The van der Waals surface area contributed by atoms with E-state index in [1.165, 1.54) is 11.8 Å². The topological polar surface area (TPSA) is 69.9 Å². The van der Waals surface area contributed by atoms with Gasteiger partial charge in [0.25, 0.3) is 0 Å². The number of ether oxygens (including phenoxy) is 1. The summed E-state index contributed by atoms with van der Waals surface area (Å²) in [7, 11) is 0. The van der Waals surface area contributed by atoms with Gasteiger partial charge in [0.05, 0.1) is 12.3 Å². The Balaban J connectivity index is 1.86. The number of nitrogens with zero attached hydrogens (tertiary/aromatic N) is 4. The summed E-state index contributed by atoms with van der Waals surface area (Å²) >= 11 is 1.53. The van der Waals surface area contributed by atoms with Gasteiger partial charge in [-0.05, 0) is 35.9 Å². The van der Waals surface area contributed by atoms with Crippen LogP contribution in [0.4, 0.5) is 0 Å². The first-order valence-corrected chi connectivity index (χ1v) is 7.42. The van der Waals surface area contributed by atoms with Crippen LogP contribution >= 0.6 is 11.8 Å². The number of rotatable bonds is 7. The van der Waals surface area contributed by atoms with Gasteiger partial charge in [-0.25, -0.2) is 0 Å². The van der Waals surface area contributed by atoms with E-state index in [0.29, 0.717) is 13.0 Å². The highest BCUT2D eigenvalue weighted by Gasteiger charge is 2.09. The minimum atomic E-state index is -0.157. The van der Waals surface area contributed by atoms with Gasteiger partial charge in [0.1, 0.15) is 0 Å². The molecular weight excluding hydrogens is 276 g/mol. The SMILES string of the molecule is CCOC(=O)CCCSc1nnnn1-c1ccccc1. The Labute approximate surface area is 121 Å². The van der Waals surface area contributed by atoms with Crippen molar-refractivity contribution in [1.82, 2.24) is 20.2 Å². The number of esters is 1. The third kappa shape index (κ3) is 4.06. The standard InChI is InChI=1S/C13H16N4O2S/c1-2-19-12(18)9-6-10-20-13-14-15-16-17(13)11-7-4-3-5-8-11/h3-5,7-8H,2,6,9-10H2,1H3. The van der Waals surface area contributed by atoms with E-state index in [4.69, 9.17) is 4.74 Å². The molecule has 2 rings (SSSR count). The molecule has 0 bridgehead atoms. The van der Waals surface area contributed by atoms with Crippen LogP contribution in [0.5, 0.6) is 0 Å². The average Bonchev–Trinajstić information content (AvgIpc) is 2.93. The van der Waals surface area contributed by atoms with Gasteiger partial charge < -0.3 is 4.74 Å². The molecule has 0 saturated heterocycles. The molecule has 0 N–H and O–H groups in total. The molecule has 1 aromatic carbocycles. The molecule has 20 heavy (non-hydrogen) atoms. The van der Waals surface area contributed by atoms with Crippen LogP contribution in [0.2, 0.25) is 0 Å². The quantitative estimate of drug-likeness (QED) is 0.442. The maximum atomic E-state index is 11.2. The van der Waals surface area contributed by atoms with E-state index in [9.17, 15) is 4.79 Å². The van der Waals surface area contributed by atoms with Crippen molar-refractivity contribution >= 4 is 17.7 Å². The Kier molecular flexibility index (Phi) is 5.55. The highest BCUT2D eigenvalue weighted by Crippen LogP contribution is 2.19. The summed E-state index contributed by atoms with van der Waals surface area (Å²) in [5, 5.41) is 12.4. The normalized spacial score (nSPS) is 10.4. The second-order valence-corrected chi connectivity index (χ2v) is 5.03. The Hall–Kier alpha value is -1.89. The summed E-state index contributed by atoms with van der Waals surface area (Å²) < 4.78 is 6.57. The summed E-state index contributed by atoms with van der Waals surface area (Å²) in [5.41, 5.74) is 0.922. The van der Waals surface area contributed by atoms with E-state index < -0.39 is 0 Å². The predicted molar refractivity (Wildman–Crippen MR) is 75.7 cm³/mol. The molecule has 0 radical (unpaired) electrons. The lowest BCUT2D eigenvalue weighted by Crippen LogP contribution is -2.04. The fraction of sp³-hybridized carbons (Fsp3) is 0.385. The Morgan fingerprint density at radius 1 is 1.35 bits per heavy atom. The first kappa shape index (κ1) is 14.5. The van der Waals surface area contributed by atoms with Crippen LogP contribution in [-0.4, -0.2) is 38.5 Å². The lowest BCUT2D eigenvalue weighted by Gasteiger charge is -2.04. The Morgan fingerprint density at radius 3 is 2.90 bits per heavy atom. The van der Waals surface area contributed by atoms with Crippen LogP contribution < -0.4 is 0 Å². The maximum absolute atomic E-state index is 11.2. The number of hydrogen-bond acceptors (Lipinski definition) is 6. The minimum absolute atomic E-state index is 0.157. The summed E-state index contributed by atoms with van der Waals surface area (Å²) in [6, 6.07) is 9.70.